The van der Waals surface area contributed by atoms with Gasteiger partial charge in [0.05, 0.1) is 13.3 Å². The Kier molecular flexibility index (Phi) is 2.76. The molecule has 90 valence electrons. The quantitative estimate of drug-likeness (QED) is 0.730. The van der Waals surface area contributed by atoms with Gasteiger partial charge in [-0.15, -0.1) is 5.10 Å². The van der Waals surface area contributed by atoms with Crippen molar-refractivity contribution >= 4 is 21.6 Å². The first-order valence-corrected chi connectivity index (χ1v) is 6.22. The van der Waals surface area contributed by atoms with E-state index >= 15 is 0 Å². The third-order valence-corrected chi connectivity index (χ3v) is 3.12. The van der Waals surface area contributed by atoms with Gasteiger partial charge >= 0.3 is 0 Å². The summed E-state index contributed by atoms with van der Waals surface area (Å²) in [5, 5.41) is 4.44. The summed E-state index contributed by atoms with van der Waals surface area (Å²) in [5.74, 6) is 1.46. The van der Waals surface area contributed by atoms with Gasteiger partial charge in [0.15, 0.2) is 11.5 Å². The van der Waals surface area contributed by atoms with Crippen LogP contribution in [0.5, 0.6) is 5.75 Å². The molecule has 0 aliphatic carbocycles. The van der Waals surface area contributed by atoms with E-state index in [0.29, 0.717) is 5.82 Å². The molecule has 0 unspecified atom stereocenters. The topological polar surface area (TPSA) is 39.4 Å². The van der Waals surface area contributed by atoms with Gasteiger partial charge in [-0.25, -0.2) is 9.50 Å². The molecule has 0 N–H and O–H groups in total. The van der Waals surface area contributed by atoms with E-state index in [2.05, 4.69) is 26.0 Å². The van der Waals surface area contributed by atoms with Gasteiger partial charge in [-0.2, -0.15) is 0 Å². The molecule has 0 aliphatic heterocycles. The molecule has 3 aromatic rings. The van der Waals surface area contributed by atoms with Crippen LogP contribution < -0.4 is 4.74 Å². The lowest BCUT2D eigenvalue weighted by Crippen LogP contribution is -1.90. The van der Waals surface area contributed by atoms with Crippen molar-refractivity contribution in [2.75, 3.05) is 7.11 Å². The molecule has 3 rings (SSSR count). The summed E-state index contributed by atoms with van der Waals surface area (Å²) in [5.41, 5.74) is 1.78. The minimum Gasteiger partial charge on any atom is -0.495 e. The second kappa shape index (κ2) is 4.42. The maximum absolute atomic E-state index is 5.16. The Bertz CT molecular complexity index is 708. The number of hydrogen-bond acceptors (Lipinski definition) is 3. The number of aromatic nitrogens is 3. The van der Waals surface area contributed by atoms with E-state index in [1.54, 1.807) is 11.6 Å². The maximum Gasteiger partial charge on any atom is 0.182 e. The summed E-state index contributed by atoms with van der Waals surface area (Å²) in [6, 6.07) is 11.7. The van der Waals surface area contributed by atoms with Crippen LogP contribution in [0.3, 0.4) is 0 Å². The molecule has 2 heterocycles. The Morgan fingerprint density at radius 2 is 2.11 bits per heavy atom. The molecular formula is C13H10BrN3O. The fourth-order valence-electron chi connectivity index (χ4n) is 1.73. The number of methoxy groups -OCH3 is 1. The predicted octanol–water partition coefficient (Wildman–Crippen LogP) is 3.17. The number of fused-ring (bicyclic) bond motifs is 1. The first-order valence-electron chi connectivity index (χ1n) is 5.42. The highest BCUT2D eigenvalue weighted by Crippen LogP contribution is 2.21. The Hall–Kier alpha value is -1.88. The third kappa shape index (κ3) is 1.97. The van der Waals surface area contributed by atoms with Crippen LogP contribution in [-0.4, -0.2) is 21.7 Å². The molecular weight excluding hydrogens is 294 g/mol. The highest BCUT2D eigenvalue weighted by Gasteiger charge is 2.07. The standard InChI is InChI=1S/C13H10BrN3O/c1-18-11-5-6-12-15-13(16-17(12)8-11)9-3-2-4-10(14)7-9/h2-8H,1H3. The molecule has 4 nitrogen and oxygen atoms in total. The second-order valence-corrected chi connectivity index (χ2v) is 4.73. The molecule has 0 spiro atoms. The van der Waals surface area contributed by atoms with Crippen molar-refractivity contribution < 1.29 is 4.74 Å². The van der Waals surface area contributed by atoms with E-state index in [0.717, 1.165) is 21.4 Å². The van der Waals surface area contributed by atoms with Crippen LogP contribution in [-0.2, 0) is 0 Å². The van der Waals surface area contributed by atoms with Crippen LogP contribution in [0.4, 0.5) is 0 Å². The number of ether oxygens (including phenoxy) is 1. The Morgan fingerprint density at radius 1 is 1.22 bits per heavy atom. The van der Waals surface area contributed by atoms with E-state index in [9.17, 15) is 0 Å². The number of halogens is 1. The van der Waals surface area contributed by atoms with Gasteiger partial charge in [0.25, 0.3) is 0 Å². The molecule has 0 amide bonds. The van der Waals surface area contributed by atoms with Gasteiger partial charge in [-0.3, -0.25) is 0 Å². The number of hydrogen-bond donors (Lipinski definition) is 0. The summed E-state index contributed by atoms with van der Waals surface area (Å²) in [7, 11) is 1.63. The van der Waals surface area contributed by atoms with Crippen LogP contribution in [0.15, 0.2) is 47.1 Å². The third-order valence-electron chi connectivity index (χ3n) is 2.62. The Balaban J connectivity index is 2.13. The predicted molar refractivity (Wildman–Crippen MR) is 72.7 cm³/mol. The minimum atomic E-state index is 0.699. The number of benzene rings is 1. The Morgan fingerprint density at radius 3 is 2.89 bits per heavy atom. The average Bonchev–Trinajstić information content (AvgIpc) is 2.81. The van der Waals surface area contributed by atoms with Gasteiger partial charge in [0, 0.05) is 10.0 Å². The molecule has 0 saturated heterocycles. The van der Waals surface area contributed by atoms with Crippen LogP contribution in [0.2, 0.25) is 0 Å². The summed E-state index contributed by atoms with van der Waals surface area (Å²) in [6.45, 7) is 0. The van der Waals surface area contributed by atoms with Crippen molar-refractivity contribution in [3.8, 4) is 17.1 Å². The van der Waals surface area contributed by atoms with Crippen LogP contribution in [0, 0.1) is 0 Å². The molecule has 0 atom stereocenters. The molecule has 5 heteroatoms. The first kappa shape index (κ1) is 11.2. The minimum absolute atomic E-state index is 0.699. The molecule has 0 fully saturated rings. The average molecular weight is 304 g/mol. The maximum atomic E-state index is 5.16. The zero-order valence-corrected chi connectivity index (χ0v) is 11.3. The highest BCUT2D eigenvalue weighted by molar-refractivity contribution is 9.10. The summed E-state index contributed by atoms with van der Waals surface area (Å²) >= 11 is 3.44. The zero-order valence-electron chi connectivity index (χ0n) is 9.67. The largest absolute Gasteiger partial charge is 0.495 e. The fraction of sp³-hybridized carbons (Fsp3) is 0.0769. The summed E-state index contributed by atoms with van der Waals surface area (Å²) < 4.78 is 7.89. The van der Waals surface area contributed by atoms with E-state index in [1.165, 1.54) is 0 Å². The van der Waals surface area contributed by atoms with Crippen molar-refractivity contribution in [3.05, 3.63) is 47.1 Å². The van der Waals surface area contributed by atoms with Crippen molar-refractivity contribution in [1.82, 2.24) is 14.6 Å². The molecule has 1 aromatic carbocycles. The number of nitrogens with zero attached hydrogens (tertiary/aromatic N) is 3. The van der Waals surface area contributed by atoms with Crippen molar-refractivity contribution in [2.45, 2.75) is 0 Å². The SMILES string of the molecule is COc1ccc2nc(-c3cccc(Br)c3)nn2c1. The van der Waals surface area contributed by atoms with Gasteiger partial charge in [0.2, 0.25) is 0 Å². The summed E-state index contributed by atoms with van der Waals surface area (Å²) in [6.07, 6.45) is 1.81. The van der Waals surface area contributed by atoms with Crippen LogP contribution in [0.25, 0.3) is 17.0 Å². The molecule has 0 radical (unpaired) electrons. The zero-order chi connectivity index (χ0) is 12.5. The van der Waals surface area contributed by atoms with Gasteiger partial charge < -0.3 is 4.74 Å². The molecule has 2 aromatic heterocycles. The lowest BCUT2D eigenvalue weighted by molar-refractivity contribution is 0.411. The lowest BCUT2D eigenvalue weighted by Gasteiger charge is -1.97. The number of pyridine rings is 1. The van der Waals surface area contributed by atoms with Crippen LogP contribution >= 0.6 is 15.9 Å². The van der Waals surface area contributed by atoms with Gasteiger partial charge in [-0.1, -0.05) is 28.1 Å². The molecule has 0 aliphatic rings. The van der Waals surface area contributed by atoms with E-state index in [4.69, 9.17) is 4.74 Å². The van der Waals surface area contributed by atoms with Gasteiger partial charge in [0.1, 0.15) is 5.75 Å². The van der Waals surface area contributed by atoms with E-state index in [-0.39, 0.29) is 0 Å². The lowest BCUT2D eigenvalue weighted by atomic mass is 10.2. The monoisotopic (exact) mass is 303 g/mol. The normalized spacial score (nSPS) is 10.8. The van der Waals surface area contributed by atoms with Gasteiger partial charge in [-0.05, 0) is 24.3 Å². The Labute approximate surface area is 112 Å². The van der Waals surface area contributed by atoms with Crippen molar-refractivity contribution in [1.29, 1.82) is 0 Å². The highest BCUT2D eigenvalue weighted by atomic mass is 79.9. The molecule has 0 saturated carbocycles. The van der Waals surface area contributed by atoms with Crippen molar-refractivity contribution in [3.63, 3.8) is 0 Å². The fourth-order valence-corrected chi connectivity index (χ4v) is 2.13. The van der Waals surface area contributed by atoms with Crippen LogP contribution in [0.1, 0.15) is 0 Å². The van der Waals surface area contributed by atoms with E-state index < -0.39 is 0 Å². The number of rotatable bonds is 2. The smallest absolute Gasteiger partial charge is 0.182 e. The first-order chi connectivity index (χ1) is 8.76. The van der Waals surface area contributed by atoms with Crippen molar-refractivity contribution in [2.24, 2.45) is 0 Å². The summed E-state index contributed by atoms with van der Waals surface area (Å²) in [4.78, 5) is 4.47. The molecule has 18 heavy (non-hydrogen) atoms. The molecule has 0 bridgehead atoms. The van der Waals surface area contributed by atoms with E-state index in [1.807, 2.05) is 42.6 Å². The second-order valence-electron chi connectivity index (χ2n) is 3.82.